The van der Waals surface area contributed by atoms with Crippen molar-refractivity contribution in [2.75, 3.05) is 31.2 Å². The Hall–Kier alpha value is -2.74. The van der Waals surface area contributed by atoms with Gasteiger partial charge in [0, 0.05) is 6.54 Å². The maximum absolute atomic E-state index is 13.0. The van der Waals surface area contributed by atoms with E-state index >= 15 is 0 Å². The third kappa shape index (κ3) is 4.48. The molecular formula is C21H26N2O6. The van der Waals surface area contributed by atoms with Gasteiger partial charge < -0.3 is 9.47 Å². The van der Waals surface area contributed by atoms with Gasteiger partial charge in [0.1, 0.15) is 0 Å². The van der Waals surface area contributed by atoms with E-state index in [4.69, 9.17) is 9.47 Å². The van der Waals surface area contributed by atoms with Gasteiger partial charge in [-0.3, -0.25) is 19.3 Å². The minimum atomic E-state index is -0.579. The molecule has 0 spiro atoms. The summed E-state index contributed by atoms with van der Waals surface area (Å²) in [5.74, 6) is -1.57. The van der Waals surface area contributed by atoms with Gasteiger partial charge in [-0.2, -0.15) is 0 Å². The van der Waals surface area contributed by atoms with Crippen LogP contribution in [0.25, 0.3) is 0 Å². The second-order valence-electron chi connectivity index (χ2n) is 7.14. The Morgan fingerprint density at radius 1 is 1.07 bits per heavy atom. The normalized spacial score (nSPS) is 22.6. The van der Waals surface area contributed by atoms with E-state index in [9.17, 15) is 19.2 Å². The zero-order valence-electron chi connectivity index (χ0n) is 16.8. The zero-order valence-corrected chi connectivity index (χ0v) is 16.8. The minimum absolute atomic E-state index is 0.0774. The molecule has 2 atom stereocenters. The Balaban J connectivity index is 1.71. The number of imide groups is 1. The third-order valence-corrected chi connectivity index (χ3v) is 5.27. The van der Waals surface area contributed by atoms with Crippen molar-refractivity contribution in [3.05, 3.63) is 29.8 Å². The summed E-state index contributed by atoms with van der Waals surface area (Å²) in [7, 11) is 0. The number of likely N-dealkylation sites (tertiary alicyclic amines) is 1. The first-order valence-electron chi connectivity index (χ1n) is 10.0. The van der Waals surface area contributed by atoms with Gasteiger partial charge >= 0.3 is 11.9 Å². The second kappa shape index (κ2) is 9.17. The Kier molecular flexibility index (Phi) is 6.64. The number of carbonyl (C=O) groups excluding carboxylic acids is 4. The number of anilines is 1. The minimum Gasteiger partial charge on any atom is -0.466 e. The largest absolute Gasteiger partial charge is 0.466 e. The molecule has 2 aliphatic heterocycles. The highest BCUT2D eigenvalue weighted by Crippen LogP contribution is 2.29. The molecule has 2 unspecified atom stereocenters. The first kappa shape index (κ1) is 21.0. The highest BCUT2D eigenvalue weighted by molar-refractivity contribution is 6.22. The number of rotatable bonds is 6. The molecule has 156 valence electrons. The Morgan fingerprint density at radius 3 is 2.41 bits per heavy atom. The van der Waals surface area contributed by atoms with Crippen LogP contribution in [0.1, 0.15) is 43.5 Å². The lowest BCUT2D eigenvalue weighted by molar-refractivity contribution is -0.150. The van der Waals surface area contributed by atoms with E-state index in [-0.39, 0.29) is 36.7 Å². The van der Waals surface area contributed by atoms with Gasteiger partial charge in [0.2, 0.25) is 5.91 Å². The van der Waals surface area contributed by atoms with E-state index in [2.05, 4.69) is 0 Å². The van der Waals surface area contributed by atoms with Gasteiger partial charge in [-0.15, -0.1) is 0 Å². The Bertz CT molecular complexity index is 791. The molecule has 2 heterocycles. The summed E-state index contributed by atoms with van der Waals surface area (Å²) in [6, 6.07) is 5.64. The van der Waals surface area contributed by atoms with Crippen molar-refractivity contribution in [3.63, 3.8) is 0 Å². The Morgan fingerprint density at radius 2 is 1.76 bits per heavy atom. The van der Waals surface area contributed by atoms with Crippen LogP contribution in [0.3, 0.4) is 0 Å². The zero-order chi connectivity index (χ0) is 21.0. The van der Waals surface area contributed by atoms with E-state index in [1.165, 1.54) is 0 Å². The summed E-state index contributed by atoms with van der Waals surface area (Å²) in [6.45, 7) is 5.16. The molecule has 2 aliphatic rings. The topological polar surface area (TPSA) is 93.2 Å². The number of piperidine rings is 1. The number of hydrogen-bond donors (Lipinski definition) is 0. The van der Waals surface area contributed by atoms with Crippen molar-refractivity contribution in [1.29, 1.82) is 0 Å². The predicted molar refractivity (Wildman–Crippen MR) is 104 cm³/mol. The number of hydrogen-bond acceptors (Lipinski definition) is 7. The molecule has 0 bridgehead atoms. The number of carbonyl (C=O) groups is 4. The molecule has 0 saturated carbocycles. The fraction of sp³-hybridized carbons (Fsp3) is 0.524. The number of esters is 2. The molecule has 0 aromatic heterocycles. The highest BCUT2D eigenvalue weighted by atomic mass is 16.5. The van der Waals surface area contributed by atoms with Crippen LogP contribution in [0.4, 0.5) is 5.69 Å². The second-order valence-corrected chi connectivity index (χ2v) is 7.14. The maximum atomic E-state index is 13.0. The van der Waals surface area contributed by atoms with Gasteiger partial charge in [0.15, 0.2) is 0 Å². The molecule has 0 radical (unpaired) electrons. The monoisotopic (exact) mass is 402 g/mol. The summed E-state index contributed by atoms with van der Waals surface area (Å²) in [5, 5.41) is 0. The number of ether oxygens (including phenoxy) is 2. The van der Waals surface area contributed by atoms with Gasteiger partial charge in [0.25, 0.3) is 5.91 Å². The standard InChI is InChI=1S/C21H26N2O6/c1-3-28-20(26)14-7-9-16(10-8-14)23-18(24)12-17(19(23)25)22-11-5-6-15(13-22)21(27)29-4-2/h7-10,15,17H,3-6,11-13H2,1-2H3. The average Bonchev–Trinajstić information content (AvgIpc) is 3.02. The molecule has 29 heavy (non-hydrogen) atoms. The molecule has 2 saturated heterocycles. The van der Waals surface area contributed by atoms with Crippen molar-refractivity contribution in [1.82, 2.24) is 4.90 Å². The van der Waals surface area contributed by atoms with Crippen molar-refractivity contribution >= 4 is 29.4 Å². The SMILES string of the molecule is CCOC(=O)c1ccc(N2C(=O)CC(N3CCCC(C(=O)OCC)C3)C2=O)cc1. The van der Waals surface area contributed by atoms with Crippen molar-refractivity contribution in [2.45, 2.75) is 39.2 Å². The molecular weight excluding hydrogens is 376 g/mol. The fourth-order valence-electron chi connectivity index (χ4n) is 3.88. The van der Waals surface area contributed by atoms with Crippen molar-refractivity contribution < 1.29 is 28.7 Å². The molecule has 2 fully saturated rings. The third-order valence-electron chi connectivity index (χ3n) is 5.27. The van der Waals surface area contributed by atoms with Crippen LogP contribution < -0.4 is 4.90 Å². The number of benzene rings is 1. The first-order valence-corrected chi connectivity index (χ1v) is 10.0. The van der Waals surface area contributed by atoms with Crippen LogP contribution in [0, 0.1) is 5.92 Å². The molecule has 1 aromatic carbocycles. The van der Waals surface area contributed by atoms with Gasteiger partial charge in [-0.05, 0) is 57.5 Å². The van der Waals surface area contributed by atoms with Crippen LogP contribution in [0.2, 0.25) is 0 Å². The van der Waals surface area contributed by atoms with E-state index in [1.54, 1.807) is 38.1 Å². The molecule has 3 rings (SSSR count). The van der Waals surface area contributed by atoms with Gasteiger partial charge in [-0.1, -0.05) is 0 Å². The lowest BCUT2D eigenvalue weighted by atomic mass is 9.96. The van der Waals surface area contributed by atoms with Gasteiger partial charge in [0.05, 0.1) is 42.8 Å². The van der Waals surface area contributed by atoms with Crippen molar-refractivity contribution in [2.24, 2.45) is 5.92 Å². The van der Waals surface area contributed by atoms with Crippen LogP contribution in [-0.4, -0.2) is 61.0 Å². The van der Waals surface area contributed by atoms with E-state index in [1.807, 2.05) is 4.90 Å². The van der Waals surface area contributed by atoms with E-state index < -0.39 is 12.0 Å². The number of amides is 2. The molecule has 8 heteroatoms. The highest BCUT2D eigenvalue weighted by Gasteiger charge is 2.44. The van der Waals surface area contributed by atoms with Crippen LogP contribution in [0.15, 0.2) is 24.3 Å². The fourth-order valence-corrected chi connectivity index (χ4v) is 3.88. The van der Waals surface area contributed by atoms with E-state index in [0.717, 1.165) is 17.7 Å². The lowest BCUT2D eigenvalue weighted by Gasteiger charge is -2.34. The first-order chi connectivity index (χ1) is 14.0. The Labute approximate surface area is 169 Å². The molecule has 8 nitrogen and oxygen atoms in total. The summed E-state index contributed by atoms with van der Waals surface area (Å²) in [6.07, 6.45) is 1.58. The lowest BCUT2D eigenvalue weighted by Crippen LogP contribution is -2.48. The quantitative estimate of drug-likeness (QED) is 0.529. The summed E-state index contributed by atoms with van der Waals surface area (Å²) < 4.78 is 10.1. The predicted octanol–water partition coefficient (Wildman–Crippen LogP) is 1.77. The van der Waals surface area contributed by atoms with Gasteiger partial charge in [-0.25, -0.2) is 9.69 Å². The number of nitrogens with zero attached hydrogens (tertiary/aromatic N) is 2. The van der Waals surface area contributed by atoms with E-state index in [0.29, 0.717) is 30.9 Å². The van der Waals surface area contributed by atoms with Crippen LogP contribution in [-0.2, 0) is 23.9 Å². The molecule has 1 aromatic rings. The molecule has 0 N–H and O–H groups in total. The molecule has 0 aliphatic carbocycles. The summed E-state index contributed by atoms with van der Waals surface area (Å²) in [4.78, 5) is 52.5. The maximum Gasteiger partial charge on any atom is 0.338 e. The average molecular weight is 402 g/mol. The summed E-state index contributed by atoms with van der Waals surface area (Å²) in [5.41, 5.74) is 0.786. The molecule has 2 amide bonds. The van der Waals surface area contributed by atoms with Crippen LogP contribution >= 0.6 is 0 Å². The summed E-state index contributed by atoms with van der Waals surface area (Å²) >= 11 is 0. The van der Waals surface area contributed by atoms with Crippen LogP contribution in [0.5, 0.6) is 0 Å². The smallest absolute Gasteiger partial charge is 0.338 e. The van der Waals surface area contributed by atoms with Crippen molar-refractivity contribution in [3.8, 4) is 0 Å².